The van der Waals surface area contributed by atoms with Crippen LogP contribution in [0.25, 0.3) is 0 Å². The molecule has 0 fully saturated rings. The molecule has 3 aromatic carbocycles. The Kier molecular flexibility index (Phi) is 9.77. The van der Waals surface area contributed by atoms with Gasteiger partial charge in [-0.1, -0.05) is 67.9 Å². The lowest BCUT2D eigenvalue weighted by molar-refractivity contribution is -0.140. The SMILES string of the molecule is CC(C)CNC(=O)[C@@H](Cc1ccccc1)N(Cc1cccc(Cl)c1)C(=O)CN(c1ccc2c(c1)OCO2)S(C)(=O)=O. The third-order valence-corrected chi connectivity index (χ3v) is 7.90. The Morgan fingerprint density at radius 1 is 0.951 bits per heavy atom. The van der Waals surface area contributed by atoms with Crippen molar-refractivity contribution >= 4 is 39.1 Å². The smallest absolute Gasteiger partial charge is 0.244 e. The van der Waals surface area contributed by atoms with E-state index in [1.165, 1.54) is 11.0 Å². The maximum absolute atomic E-state index is 14.1. The molecule has 2 amide bonds. The second-order valence-electron chi connectivity index (χ2n) is 10.3. The van der Waals surface area contributed by atoms with Crippen LogP contribution >= 0.6 is 11.6 Å². The van der Waals surface area contributed by atoms with Crippen LogP contribution in [0.5, 0.6) is 11.5 Å². The van der Waals surface area contributed by atoms with Crippen LogP contribution in [-0.2, 0) is 32.6 Å². The van der Waals surface area contributed by atoms with Gasteiger partial charge in [-0.2, -0.15) is 0 Å². The molecule has 1 heterocycles. The van der Waals surface area contributed by atoms with E-state index < -0.39 is 28.5 Å². The maximum atomic E-state index is 14.1. The molecule has 0 saturated heterocycles. The van der Waals surface area contributed by atoms with Gasteiger partial charge in [0.05, 0.1) is 11.9 Å². The normalized spacial score (nSPS) is 13.1. The fourth-order valence-corrected chi connectivity index (χ4v) is 5.52. The van der Waals surface area contributed by atoms with Crippen molar-refractivity contribution in [2.75, 3.05) is 30.4 Å². The molecule has 0 unspecified atom stereocenters. The Hall–Kier alpha value is -3.76. The molecule has 0 saturated carbocycles. The molecule has 0 aromatic heterocycles. The molecule has 41 heavy (non-hydrogen) atoms. The first-order valence-corrected chi connectivity index (χ1v) is 15.5. The molecule has 0 spiro atoms. The molecule has 218 valence electrons. The van der Waals surface area contributed by atoms with Gasteiger partial charge in [0.15, 0.2) is 11.5 Å². The van der Waals surface area contributed by atoms with Crippen LogP contribution in [0, 0.1) is 5.92 Å². The van der Waals surface area contributed by atoms with Crippen LogP contribution in [0.4, 0.5) is 5.69 Å². The molecular formula is C30H34ClN3O6S. The van der Waals surface area contributed by atoms with Gasteiger partial charge in [0.2, 0.25) is 28.6 Å². The standard InChI is InChI=1S/C30H34ClN3O6S/c1-21(2)17-32-30(36)26(15-22-8-5-4-6-9-22)33(18-23-10-7-11-24(31)14-23)29(35)19-34(41(3,37)38)25-12-13-27-28(16-25)40-20-39-27/h4-14,16,21,26H,15,17-20H2,1-3H3,(H,32,36)/t26-/m1/s1. The number of ether oxygens (including phenoxy) is 2. The van der Waals surface area contributed by atoms with Gasteiger partial charge in [0, 0.05) is 30.6 Å². The van der Waals surface area contributed by atoms with E-state index >= 15 is 0 Å². The minimum atomic E-state index is -3.90. The molecule has 0 aliphatic carbocycles. The molecule has 9 nitrogen and oxygen atoms in total. The highest BCUT2D eigenvalue weighted by molar-refractivity contribution is 7.92. The zero-order valence-electron chi connectivity index (χ0n) is 23.2. The van der Waals surface area contributed by atoms with Crippen molar-refractivity contribution in [2.24, 2.45) is 5.92 Å². The number of nitrogens with zero attached hydrogens (tertiary/aromatic N) is 2. The largest absolute Gasteiger partial charge is 0.454 e. The number of sulfonamides is 1. The lowest BCUT2D eigenvalue weighted by Gasteiger charge is -2.33. The predicted octanol–water partition coefficient (Wildman–Crippen LogP) is 4.25. The number of carbonyl (C=O) groups is 2. The Morgan fingerprint density at radius 3 is 2.34 bits per heavy atom. The third-order valence-electron chi connectivity index (χ3n) is 6.52. The van der Waals surface area contributed by atoms with Crippen LogP contribution < -0.4 is 19.1 Å². The van der Waals surface area contributed by atoms with Gasteiger partial charge in [-0.25, -0.2) is 8.42 Å². The van der Waals surface area contributed by atoms with Crippen molar-refractivity contribution in [3.63, 3.8) is 0 Å². The van der Waals surface area contributed by atoms with Crippen molar-refractivity contribution in [2.45, 2.75) is 32.9 Å². The maximum Gasteiger partial charge on any atom is 0.244 e. The number of benzene rings is 3. The summed E-state index contributed by atoms with van der Waals surface area (Å²) in [7, 11) is -3.90. The number of halogens is 1. The highest BCUT2D eigenvalue weighted by atomic mass is 35.5. The highest BCUT2D eigenvalue weighted by Gasteiger charge is 2.33. The number of rotatable bonds is 12. The van der Waals surface area contributed by atoms with Gasteiger partial charge in [-0.3, -0.25) is 13.9 Å². The number of nitrogens with one attached hydrogen (secondary N) is 1. The van der Waals surface area contributed by atoms with Crippen LogP contribution in [-0.4, -0.2) is 57.3 Å². The molecule has 1 aliphatic heterocycles. The first-order valence-electron chi connectivity index (χ1n) is 13.2. The molecule has 11 heteroatoms. The van der Waals surface area contributed by atoms with E-state index in [0.717, 1.165) is 16.1 Å². The van der Waals surface area contributed by atoms with Crippen molar-refractivity contribution < 1.29 is 27.5 Å². The predicted molar refractivity (Wildman–Crippen MR) is 159 cm³/mol. The molecule has 3 aromatic rings. The third kappa shape index (κ3) is 8.14. The minimum absolute atomic E-state index is 0.0245. The second-order valence-corrected chi connectivity index (χ2v) is 12.6. The van der Waals surface area contributed by atoms with E-state index in [2.05, 4.69) is 5.32 Å². The minimum Gasteiger partial charge on any atom is -0.454 e. The number of amides is 2. The Labute approximate surface area is 246 Å². The van der Waals surface area contributed by atoms with E-state index in [0.29, 0.717) is 28.6 Å². The number of fused-ring (bicyclic) bond motifs is 1. The number of anilines is 1. The first-order chi connectivity index (χ1) is 19.5. The fraction of sp³-hybridized carbons (Fsp3) is 0.333. The van der Waals surface area contributed by atoms with Gasteiger partial charge >= 0.3 is 0 Å². The average molecular weight is 600 g/mol. The Balaban J connectivity index is 1.72. The molecule has 0 radical (unpaired) electrons. The lowest BCUT2D eigenvalue weighted by atomic mass is 10.0. The van der Waals surface area contributed by atoms with Gasteiger partial charge < -0.3 is 19.7 Å². The molecule has 1 aliphatic rings. The number of carbonyl (C=O) groups excluding carboxylic acids is 2. The van der Waals surface area contributed by atoms with Gasteiger partial charge in [-0.05, 0) is 41.3 Å². The van der Waals surface area contributed by atoms with Gasteiger partial charge in [0.1, 0.15) is 12.6 Å². The zero-order chi connectivity index (χ0) is 29.6. The topological polar surface area (TPSA) is 105 Å². The van der Waals surface area contributed by atoms with Crippen LogP contribution in [0.2, 0.25) is 5.02 Å². The van der Waals surface area contributed by atoms with Crippen molar-refractivity contribution in [3.8, 4) is 11.5 Å². The van der Waals surface area contributed by atoms with E-state index in [1.54, 1.807) is 30.3 Å². The summed E-state index contributed by atoms with van der Waals surface area (Å²) in [5, 5.41) is 3.44. The van der Waals surface area contributed by atoms with Crippen LogP contribution in [0.15, 0.2) is 72.8 Å². The summed E-state index contributed by atoms with van der Waals surface area (Å²) in [4.78, 5) is 29.2. The molecular weight excluding hydrogens is 566 g/mol. The Morgan fingerprint density at radius 2 is 1.66 bits per heavy atom. The van der Waals surface area contributed by atoms with Crippen molar-refractivity contribution in [3.05, 3.63) is 88.9 Å². The Bertz CT molecular complexity index is 1480. The summed E-state index contributed by atoms with van der Waals surface area (Å²) in [5.74, 6) is 0.191. The molecule has 0 bridgehead atoms. The summed E-state index contributed by atoms with van der Waals surface area (Å²) >= 11 is 6.24. The van der Waals surface area contributed by atoms with E-state index in [-0.39, 0.29) is 37.3 Å². The summed E-state index contributed by atoms with van der Waals surface area (Å²) in [6.45, 7) is 3.94. The quantitative estimate of drug-likeness (QED) is 0.334. The fourth-order valence-electron chi connectivity index (χ4n) is 4.46. The monoisotopic (exact) mass is 599 g/mol. The lowest BCUT2D eigenvalue weighted by Crippen LogP contribution is -2.53. The van der Waals surface area contributed by atoms with Crippen LogP contribution in [0.1, 0.15) is 25.0 Å². The second kappa shape index (κ2) is 13.3. The summed E-state index contributed by atoms with van der Waals surface area (Å²) in [6.07, 6.45) is 1.27. The highest BCUT2D eigenvalue weighted by Crippen LogP contribution is 2.36. The summed E-state index contributed by atoms with van der Waals surface area (Å²) in [5.41, 5.74) is 1.81. The van der Waals surface area contributed by atoms with E-state index in [4.69, 9.17) is 21.1 Å². The number of hydrogen-bond donors (Lipinski definition) is 1. The molecule has 1 atom stereocenters. The van der Waals surface area contributed by atoms with Crippen molar-refractivity contribution in [1.29, 1.82) is 0 Å². The van der Waals surface area contributed by atoms with Crippen LogP contribution in [0.3, 0.4) is 0 Å². The van der Waals surface area contributed by atoms with Gasteiger partial charge in [-0.15, -0.1) is 0 Å². The number of hydrogen-bond acceptors (Lipinski definition) is 6. The first kappa shape index (κ1) is 30.2. The molecule has 4 rings (SSSR count). The summed E-state index contributed by atoms with van der Waals surface area (Å²) < 4.78 is 37.7. The zero-order valence-corrected chi connectivity index (χ0v) is 24.8. The summed E-state index contributed by atoms with van der Waals surface area (Å²) in [6, 6.07) is 20.2. The van der Waals surface area contributed by atoms with Crippen molar-refractivity contribution in [1.82, 2.24) is 10.2 Å². The van der Waals surface area contributed by atoms with Gasteiger partial charge in [0.25, 0.3) is 0 Å². The molecule has 1 N–H and O–H groups in total. The average Bonchev–Trinajstić information content (AvgIpc) is 3.40. The van der Waals surface area contributed by atoms with E-state index in [9.17, 15) is 18.0 Å². The van der Waals surface area contributed by atoms with E-state index in [1.807, 2.05) is 50.2 Å².